The van der Waals surface area contributed by atoms with E-state index in [-0.39, 0.29) is 5.75 Å². The first-order valence-electron chi connectivity index (χ1n) is 7.06. The molecule has 2 aromatic rings. The Morgan fingerprint density at radius 1 is 1.04 bits per heavy atom. The molecule has 0 bridgehead atoms. The summed E-state index contributed by atoms with van der Waals surface area (Å²) in [5.74, 6) is -1.61. The fraction of sp³-hybridized carbons (Fsp3) is 0.176. The molecule has 0 saturated heterocycles. The molecule has 23 heavy (non-hydrogen) atoms. The predicted molar refractivity (Wildman–Crippen MR) is 83.3 cm³/mol. The zero-order valence-corrected chi connectivity index (χ0v) is 12.8. The van der Waals surface area contributed by atoms with Gasteiger partial charge in [-0.2, -0.15) is 0 Å². The zero-order valence-electron chi connectivity index (χ0n) is 12.8. The van der Waals surface area contributed by atoms with Crippen LogP contribution in [-0.4, -0.2) is 17.9 Å². The minimum atomic E-state index is -0.968. The van der Waals surface area contributed by atoms with Gasteiger partial charge in [0.1, 0.15) is 0 Å². The molecule has 1 unspecified atom stereocenters. The number of aryl methyl sites for hydroxylation is 1. The molecule has 2 aromatic carbocycles. The van der Waals surface area contributed by atoms with Crippen molar-refractivity contribution in [1.82, 2.24) is 10.9 Å². The lowest BCUT2D eigenvalue weighted by Crippen LogP contribution is -2.47. The van der Waals surface area contributed by atoms with Crippen molar-refractivity contribution in [3.63, 3.8) is 0 Å². The summed E-state index contributed by atoms with van der Waals surface area (Å²) in [5, 5.41) is 0. The molecule has 2 rings (SSSR count). The van der Waals surface area contributed by atoms with E-state index in [4.69, 9.17) is 4.74 Å². The van der Waals surface area contributed by atoms with Crippen molar-refractivity contribution in [2.45, 2.75) is 20.0 Å². The molecule has 0 saturated carbocycles. The molecule has 0 aliphatic heterocycles. The molecule has 5 nitrogen and oxygen atoms in total. The lowest BCUT2D eigenvalue weighted by molar-refractivity contribution is -0.128. The lowest BCUT2D eigenvalue weighted by atomic mass is 10.1. The van der Waals surface area contributed by atoms with Crippen LogP contribution in [0.4, 0.5) is 4.39 Å². The predicted octanol–water partition coefficient (Wildman–Crippen LogP) is 2.36. The Labute approximate surface area is 133 Å². The summed E-state index contributed by atoms with van der Waals surface area (Å²) in [7, 11) is 0. The van der Waals surface area contributed by atoms with Gasteiger partial charge in [-0.1, -0.05) is 30.3 Å². The van der Waals surface area contributed by atoms with Gasteiger partial charge in [0, 0.05) is 5.56 Å². The number of ether oxygens (including phenoxy) is 1. The third-order valence-electron chi connectivity index (χ3n) is 3.20. The van der Waals surface area contributed by atoms with Crippen LogP contribution >= 0.6 is 0 Å². The van der Waals surface area contributed by atoms with Gasteiger partial charge in [-0.25, -0.2) is 4.39 Å². The van der Waals surface area contributed by atoms with Gasteiger partial charge in [-0.15, -0.1) is 0 Å². The highest BCUT2D eigenvalue weighted by Crippen LogP contribution is 2.16. The molecule has 120 valence electrons. The van der Waals surface area contributed by atoms with E-state index in [1.54, 1.807) is 31.2 Å². The second-order valence-electron chi connectivity index (χ2n) is 4.95. The zero-order chi connectivity index (χ0) is 16.8. The molecule has 0 aliphatic rings. The third kappa shape index (κ3) is 4.29. The number of amides is 2. The third-order valence-corrected chi connectivity index (χ3v) is 3.20. The summed E-state index contributed by atoms with van der Waals surface area (Å²) < 4.78 is 18.7. The fourth-order valence-corrected chi connectivity index (χ4v) is 1.90. The molecular formula is C17H17FN2O3. The van der Waals surface area contributed by atoms with Crippen molar-refractivity contribution in [2.24, 2.45) is 0 Å². The number of carbonyl (C=O) groups excluding carboxylic acids is 2. The highest BCUT2D eigenvalue weighted by molar-refractivity contribution is 5.96. The molecule has 0 radical (unpaired) electrons. The molecule has 0 heterocycles. The first kappa shape index (κ1) is 16.5. The van der Waals surface area contributed by atoms with Gasteiger partial charge in [0.2, 0.25) is 0 Å². The first-order valence-corrected chi connectivity index (χ1v) is 7.06. The summed E-state index contributed by atoms with van der Waals surface area (Å²) in [4.78, 5) is 23.9. The Morgan fingerprint density at radius 3 is 2.39 bits per heavy atom. The summed E-state index contributed by atoms with van der Waals surface area (Å²) >= 11 is 0. The van der Waals surface area contributed by atoms with E-state index in [2.05, 4.69) is 10.9 Å². The minimum absolute atomic E-state index is 0.0274. The molecule has 0 spiro atoms. The summed E-state index contributed by atoms with van der Waals surface area (Å²) in [5.41, 5.74) is 5.81. The van der Waals surface area contributed by atoms with Crippen molar-refractivity contribution in [2.75, 3.05) is 0 Å². The van der Waals surface area contributed by atoms with Crippen LogP contribution in [0.15, 0.2) is 48.5 Å². The van der Waals surface area contributed by atoms with Crippen molar-refractivity contribution >= 4 is 11.8 Å². The van der Waals surface area contributed by atoms with Crippen LogP contribution < -0.4 is 15.6 Å². The maximum atomic E-state index is 13.5. The number of rotatable bonds is 4. The van der Waals surface area contributed by atoms with Crippen LogP contribution in [0.2, 0.25) is 0 Å². The number of hydrazine groups is 1. The normalized spacial score (nSPS) is 11.4. The van der Waals surface area contributed by atoms with Crippen LogP contribution in [0.25, 0.3) is 0 Å². The summed E-state index contributed by atoms with van der Waals surface area (Å²) in [6, 6.07) is 12.8. The lowest BCUT2D eigenvalue weighted by Gasteiger charge is -2.15. The molecular weight excluding hydrogens is 299 g/mol. The first-order chi connectivity index (χ1) is 11.0. The van der Waals surface area contributed by atoms with Crippen LogP contribution in [-0.2, 0) is 4.79 Å². The van der Waals surface area contributed by atoms with Crippen LogP contribution in [0.1, 0.15) is 22.8 Å². The highest BCUT2D eigenvalue weighted by Gasteiger charge is 2.17. The van der Waals surface area contributed by atoms with Gasteiger partial charge >= 0.3 is 0 Å². The van der Waals surface area contributed by atoms with Crippen LogP contribution in [0, 0.1) is 12.7 Å². The van der Waals surface area contributed by atoms with E-state index in [1.165, 1.54) is 25.1 Å². The highest BCUT2D eigenvalue weighted by atomic mass is 19.1. The van der Waals surface area contributed by atoms with Gasteiger partial charge in [-0.3, -0.25) is 20.4 Å². The quantitative estimate of drug-likeness (QED) is 0.851. The van der Waals surface area contributed by atoms with E-state index in [1.807, 2.05) is 6.07 Å². The Balaban J connectivity index is 1.91. The number of nitrogens with one attached hydrogen (secondary N) is 2. The summed E-state index contributed by atoms with van der Waals surface area (Å²) in [6.45, 7) is 3.25. The number of halogens is 1. The van der Waals surface area contributed by atoms with E-state index in [0.29, 0.717) is 5.56 Å². The average molecular weight is 316 g/mol. The second-order valence-corrected chi connectivity index (χ2v) is 4.95. The molecule has 0 aliphatic carbocycles. The maximum Gasteiger partial charge on any atom is 0.279 e. The number of hydrogen-bond donors (Lipinski definition) is 2. The Bertz CT molecular complexity index is 718. The second kappa shape index (κ2) is 7.40. The number of hydrogen-bond acceptors (Lipinski definition) is 3. The Hall–Kier alpha value is -2.89. The fourth-order valence-electron chi connectivity index (χ4n) is 1.90. The Morgan fingerprint density at radius 2 is 1.70 bits per heavy atom. The van der Waals surface area contributed by atoms with Crippen molar-refractivity contribution in [3.8, 4) is 5.75 Å². The van der Waals surface area contributed by atoms with Gasteiger partial charge < -0.3 is 4.74 Å². The molecule has 0 fully saturated rings. The average Bonchev–Trinajstić information content (AvgIpc) is 2.54. The van der Waals surface area contributed by atoms with Crippen molar-refractivity contribution in [3.05, 3.63) is 65.5 Å². The van der Waals surface area contributed by atoms with Crippen molar-refractivity contribution in [1.29, 1.82) is 0 Å². The van der Waals surface area contributed by atoms with Gasteiger partial charge in [0.15, 0.2) is 17.7 Å². The number of para-hydroxylation sites is 1. The van der Waals surface area contributed by atoms with Crippen LogP contribution in [0.3, 0.4) is 0 Å². The van der Waals surface area contributed by atoms with E-state index < -0.39 is 23.7 Å². The van der Waals surface area contributed by atoms with Gasteiger partial charge in [0.05, 0.1) is 0 Å². The van der Waals surface area contributed by atoms with Crippen LogP contribution in [0.5, 0.6) is 5.75 Å². The number of carbonyl (C=O) groups is 2. The monoisotopic (exact) mass is 316 g/mol. The molecule has 2 amide bonds. The van der Waals surface area contributed by atoms with Gasteiger partial charge in [0.25, 0.3) is 11.8 Å². The SMILES string of the molecule is Cc1ccccc1C(=O)NNC(=O)C(C)Oc1ccccc1F. The topological polar surface area (TPSA) is 67.4 Å². The minimum Gasteiger partial charge on any atom is -0.478 e. The summed E-state index contributed by atoms with van der Waals surface area (Å²) in [6.07, 6.45) is -0.968. The molecule has 6 heteroatoms. The largest absolute Gasteiger partial charge is 0.478 e. The maximum absolute atomic E-state index is 13.5. The molecule has 0 aromatic heterocycles. The van der Waals surface area contributed by atoms with Crippen molar-refractivity contribution < 1.29 is 18.7 Å². The number of benzene rings is 2. The molecule has 1 atom stereocenters. The standard InChI is InChI=1S/C17H17FN2O3/c1-11-7-3-4-8-13(11)17(22)20-19-16(21)12(2)23-15-10-6-5-9-14(15)18/h3-10,12H,1-2H3,(H,19,21)(H,20,22). The Kier molecular flexibility index (Phi) is 5.30. The molecule has 2 N–H and O–H groups in total. The van der Waals surface area contributed by atoms with Gasteiger partial charge in [-0.05, 0) is 37.6 Å². The smallest absolute Gasteiger partial charge is 0.279 e. The van der Waals surface area contributed by atoms with E-state index >= 15 is 0 Å². The van der Waals surface area contributed by atoms with E-state index in [9.17, 15) is 14.0 Å². The van der Waals surface area contributed by atoms with E-state index in [0.717, 1.165) is 5.56 Å².